The van der Waals surface area contributed by atoms with E-state index in [1.165, 1.54) is 0 Å². The molecule has 3 nitrogen and oxygen atoms in total. The zero-order valence-corrected chi connectivity index (χ0v) is 15.7. The summed E-state index contributed by atoms with van der Waals surface area (Å²) < 4.78 is 0. The third kappa shape index (κ3) is 5.04. The Labute approximate surface area is 134 Å². The smallest absolute Gasteiger partial charge is 0.288 e. The molecule has 120 valence electrons. The van der Waals surface area contributed by atoms with Crippen LogP contribution in [0.2, 0.25) is 17.5 Å². The van der Waals surface area contributed by atoms with Crippen molar-refractivity contribution in [1.29, 1.82) is 0 Å². The molecule has 0 aromatic heterocycles. The second kappa shape index (κ2) is 8.08. The van der Waals surface area contributed by atoms with E-state index in [1.54, 1.807) is 0 Å². The lowest BCUT2D eigenvalue weighted by Gasteiger charge is -2.42. The fourth-order valence-electron chi connectivity index (χ4n) is 2.79. The lowest BCUT2D eigenvalue weighted by molar-refractivity contribution is 0.578. The Morgan fingerprint density at radius 1 is 0.429 bits per heavy atom. The van der Waals surface area contributed by atoms with E-state index in [0.29, 0.717) is 56.2 Å². The molecule has 0 aromatic rings. The van der Waals surface area contributed by atoms with Crippen LogP contribution >= 0.6 is 0 Å². The van der Waals surface area contributed by atoms with Gasteiger partial charge in [0.2, 0.25) is 0 Å². The van der Waals surface area contributed by atoms with Crippen molar-refractivity contribution >= 4 is 20.9 Å². The van der Waals surface area contributed by atoms with Gasteiger partial charge in [-0.2, -0.15) is 0 Å². The molecule has 0 bridgehead atoms. The Balaban J connectivity index is 2.87. The van der Waals surface area contributed by atoms with Gasteiger partial charge in [0, 0.05) is 0 Å². The largest absolute Gasteiger partial charge is 0.371 e. The van der Waals surface area contributed by atoms with Gasteiger partial charge >= 0.3 is 0 Å². The monoisotopic (exact) mass is 291 g/mol. The number of rotatable bonds is 6. The average Bonchev–Trinajstić information content (AvgIpc) is 2.43. The highest BCUT2D eigenvalue weighted by atomic mass is 15.1. The van der Waals surface area contributed by atoms with Gasteiger partial charge in [0.25, 0.3) is 20.9 Å². The zero-order chi connectivity index (χ0) is 16.3. The molecule has 1 aliphatic rings. The van der Waals surface area contributed by atoms with Gasteiger partial charge in [-0.3, -0.25) is 0 Å². The van der Waals surface area contributed by atoms with E-state index in [-0.39, 0.29) is 0 Å². The molecule has 0 saturated carbocycles. The Kier molecular flexibility index (Phi) is 7.35. The zero-order valence-electron chi connectivity index (χ0n) is 15.7. The van der Waals surface area contributed by atoms with Crippen LogP contribution in [0.4, 0.5) is 0 Å². The van der Waals surface area contributed by atoms with E-state index < -0.39 is 0 Å². The van der Waals surface area contributed by atoms with Crippen molar-refractivity contribution in [1.82, 2.24) is 15.4 Å². The summed E-state index contributed by atoms with van der Waals surface area (Å²) in [6, 6.07) is 0. The third-order valence-electron chi connectivity index (χ3n) is 5.81. The van der Waals surface area contributed by atoms with Crippen LogP contribution in [0.15, 0.2) is 0 Å². The van der Waals surface area contributed by atoms with Gasteiger partial charge in [-0.05, 0) is 35.2 Å². The minimum Gasteiger partial charge on any atom is -0.371 e. The summed E-state index contributed by atoms with van der Waals surface area (Å²) in [6.07, 6.45) is 0. The Bertz CT molecular complexity index is 259. The normalized spacial score (nSPS) is 21.4. The van der Waals surface area contributed by atoms with Crippen LogP contribution < -0.4 is 15.4 Å². The molecule has 21 heavy (non-hydrogen) atoms. The first kappa shape index (κ1) is 19.1. The average molecular weight is 291 g/mol. The first-order valence-corrected chi connectivity index (χ1v) is 8.93. The van der Waals surface area contributed by atoms with Gasteiger partial charge < -0.3 is 15.4 Å². The van der Waals surface area contributed by atoms with E-state index >= 15 is 0 Å². The first-order valence-electron chi connectivity index (χ1n) is 8.93. The highest BCUT2D eigenvalue weighted by Gasteiger charge is 2.43. The molecular formula is C15H36B3N3. The van der Waals surface area contributed by atoms with Gasteiger partial charge in [-0.1, -0.05) is 62.3 Å². The van der Waals surface area contributed by atoms with Gasteiger partial charge in [0.1, 0.15) is 0 Å². The molecule has 3 unspecified atom stereocenters. The van der Waals surface area contributed by atoms with Crippen molar-refractivity contribution in [2.24, 2.45) is 17.8 Å². The van der Waals surface area contributed by atoms with Crippen LogP contribution in [0.1, 0.15) is 62.3 Å². The summed E-state index contributed by atoms with van der Waals surface area (Å²) in [5, 5.41) is 11.5. The minimum atomic E-state index is 0.392. The molecule has 0 radical (unpaired) electrons. The quantitative estimate of drug-likeness (QED) is 0.657. The van der Waals surface area contributed by atoms with Crippen LogP contribution in [-0.4, -0.2) is 20.9 Å². The van der Waals surface area contributed by atoms with Crippen molar-refractivity contribution in [3.8, 4) is 0 Å². The van der Waals surface area contributed by atoms with Crippen LogP contribution in [0.5, 0.6) is 0 Å². The van der Waals surface area contributed by atoms with E-state index in [0.717, 1.165) is 0 Å². The van der Waals surface area contributed by atoms with Crippen LogP contribution in [0, 0.1) is 17.8 Å². The molecule has 0 spiro atoms. The Hall–Kier alpha value is 0.0748. The molecule has 1 fully saturated rings. The summed E-state index contributed by atoms with van der Waals surface area (Å²) in [6.45, 7) is 22.1. The van der Waals surface area contributed by atoms with E-state index in [1.807, 2.05) is 0 Å². The van der Waals surface area contributed by atoms with Crippen molar-refractivity contribution < 1.29 is 0 Å². The van der Waals surface area contributed by atoms with Gasteiger partial charge in [0.05, 0.1) is 0 Å². The van der Waals surface area contributed by atoms with Gasteiger partial charge in [-0.25, -0.2) is 0 Å². The van der Waals surface area contributed by atoms with Gasteiger partial charge in [-0.15, -0.1) is 0 Å². The number of hydrogen-bond donors (Lipinski definition) is 3. The van der Waals surface area contributed by atoms with Crippen LogP contribution in [0.25, 0.3) is 0 Å². The maximum atomic E-state index is 3.82. The molecule has 3 N–H and O–H groups in total. The molecule has 1 aliphatic heterocycles. The van der Waals surface area contributed by atoms with Crippen molar-refractivity contribution in [2.75, 3.05) is 0 Å². The van der Waals surface area contributed by atoms with Gasteiger partial charge in [0.15, 0.2) is 0 Å². The van der Waals surface area contributed by atoms with Crippen molar-refractivity contribution in [3.63, 3.8) is 0 Å². The highest BCUT2D eigenvalue weighted by Crippen LogP contribution is 2.26. The number of nitrogens with one attached hydrogen (secondary N) is 3. The SMILES string of the molecule is CC(C)C(C)B1NB(C(C)C(C)C)NB(C(C)C(C)C)N1. The summed E-state index contributed by atoms with van der Waals surface area (Å²) in [5.74, 6) is 3.90. The molecule has 0 amide bonds. The minimum absolute atomic E-state index is 0.392. The number of hydrogen-bond acceptors (Lipinski definition) is 3. The maximum absolute atomic E-state index is 3.82. The summed E-state index contributed by atoms with van der Waals surface area (Å²) in [5.41, 5.74) is 0. The maximum Gasteiger partial charge on any atom is 0.288 e. The predicted octanol–water partition coefficient (Wildman–Crippen LogP) is 3.37. The Morgan fingerprint density at radius 2 is 0.619 bits per heavy atom. The summed E-state index contributed by atoms with van der Waals surface area (Å²) in [4.78, 5) is 0. The van der Waals surface area contributed by atoms with Crippen LogP contribution in [-0.2, 0) is 0 Å². The van der Waals surface area contributed by atoms with Crippen molar-refractivity contribution in [2.45, 2.75) is 79.8 Å². The summed E-state index contributed by atoms with van der Waals surface area (Å²) in [7, 11) is 0. The lowest BCUT2D eigenvalue weighted by atomic mass is 9.37. The molecular weight excluding hydrogens is 255 g/mol. The first-order chi connectivity index (χ1) is 9.65. The van der Waals surface area contributed by atoms with E-state index in [2.05, 4.69) is 77.7 Å². The predicted molar refractivity (Wildman–Crippen MR) is 99.5 cm³/mol. The molecule has 0 aromatic carbocycles. The molecule has 3 atom stereocenters. The second-order valence-electron chi connectivity index (χ2n) is 8.24. The fourth-order valence-corrected chi connectivity index (χ4v) is 2.79. The highest BCUT2D eigenvalue weighted by molar-refractivity contribution is 6.88. The molecule has 1 rings (SSSR count). The molecule has 6 heteroatoms. The topological polar surface area (TPSA) is 36.1 Å². The summed E-state index contributed by atoms with van der Waals surface area (Å²) >= 11 is 0. The molecule has 1 heterocycles. The second-order valence-corrected chi connectivity index (χ2v) is 8.24. The van der Waals surface area contributed by atoms with Crippen LogP contribution in [0.3, 0.4) is 0 Å². The Morgan fingerprint density at radius 3 is 0.762 bits per heavy atom. The van der Waals surface area contributed by atoms with E-state index in [9.17, 15) is 0 Å². The third-order valence-corrected chi connectivity index (χ3v) is 5.81. The van der Waals surface area contributed by atoms with E-state index in [4.69, 9.17) is 0 Å². The lowest BCUT2D eigenvalue weighted by Crippen LogP contribution is -2.78. The van der Waals surface area contributed by atoms with Crippen molar-refractivity contribution in [3.05, 3.63) is 0 Å². The molecule has 0 aliphatic carbocycles. The molecule has 1 saturated heterocycles. The fraction of sp³-hybridized carbons (Fsp3) is 1.00. The standard InChI is InChI=1S/C15H36B3N3/c1-10(2)13(7)16-19-17(14(8)11(3)4)21-18(20-16)15(9)12(5)6/h10-15,19-21H,1-9H3.